The minimum absolute atomic E-state index is 0.221. The second-order valence-electron chi connectivity index (χ2n) is 6.39. The van der Waals surface area contributed by atoms with Crippen molar-refractivity contribution in [1.29, 1.82) is 0 Å². The first-order valence-corrected chi connectivity index (χ1v) is 9.35. The maximum Gasteiger partial charge on any atom is 0.303 e. The number of methoxy groups -OCH3 is 1. The molecule has 6 nitrogen and oxygen atoms in total. The number of halogens is 2. The zero-order valence-corrected chi connectivity index (χ0v) is 17.1. The Kier molecular flexibility index (Phi) is 5.49. The number of benzene rings is 1. The molecule has 0 saturated heterocycles. The van der Waals surface area contributed by atoms with Crippen LogP contribution in [0.2, 0.25) is 10.0 Å². The fourth-order valence-electron chi connectivity index (χ4n) is 3.54. The van der Waals surface area contributed by atoms with Crippen LogP contribution < -0.4 is 4.74 Å². The van der Waals surface area contributed by atoms with Crippen molar-refractivity contribution >= 4 is 46.0 Å². The normalized spacial score (nSPS) is 15.8. The van der Waals surface area contributed by atoms with Crippen LogP contribution in [0.5, 0.6) is 5.75 Å². The molecule has 1 aromatic carbocycles. The average molecular weight is 411 g/mol. The number of pyridine rings is 1. The minimum atomic E-state index is -0.486. The van der Waals surface area contributed by atoms with Gasteiger partial charge in [-0.15, -0.1) is 0 Å². The molecule has 2 aromatic rings. The number of aromatic nitrogens is 1. The van der Waals surface area contributed by atoms with Crippen LogP contribution in [-0.4, -0.2) is 35.5 Å². The second-order valence-corrected chi connectivity index (χ2v) is 7.14. The van der Waals surface area contributed by atoms with E-state index in [9.17, 15) is 9.59 Å². The van der Waals surface area contributed by atoms with Crippen LogP contribution in [0, 0.1) is 0 Å². The van der Waals surface area contributed by atoms with E-state index in [1.54, 1.807) is 4.90 Å². The van der Waals surface area contributed by atoms with E-state index in [4.69, 9.17) is 37.7 Å². The number of carbonyl (C=O) groups excluding carboxylic acids is 2. The lowest BCUT2D eigenvalue weighted by molar-refractivity contribution is -0.151. The quantitative estimate of drug-likeness (QED) is 0.710. The van der Waals surface area contributed by atoms with Crippen molar-refractivity contribution in [2.24, 2.45) is 0 Å². The van der Waals surface area contributed by atoms with Crippen LogP contribution in [0.15, 0.2) is 6.07 Å². The molecule has 0 saturated carbocycles. The Hall–Kier alpha value is -2.05. The number of aryl methyl sites for hydroxylation is 1. The molecule has 27 heavy (non-hydrogen) atoms. The molecule has 1 aromatic heterocycles. The molecule has 0 spiro atoms. The molecule has 144 valence electrons. The third-order valence-electron chi connectivity index (χ3n) is 4.85. The van der Waals surface area contributed by atoms with Crippen LogP contribution in [0.4, 0.5) is 0 Å². The van der Waals surface area contributed by atoms with Gasteiger partial charge in [0.05, 0.1) is 23.7 Å². The molecule has 1 atom stereocenters. The van der Waals surface area contributed by atoms with Crippen LogP contribution >= 0.6 is 23.2 Å². The fourth-order valence-corrected chi connectivity index (χ4v) is 3.99. The monoisotopic (exact) mass is 410 g/mol. The lowest BCUT2D eigenvalue weighted by Gasteiger charge is -2.22. The summed E-state index contributed by atoms with van der Waals surface area (Å²) in [6.07, 6.45) is 0.691. The molecule has 1 amide bonds. The van der Waals surface area contributed by atoms with Crippen molar-refractivity contribution < 1.29 is 19.1 Å². The van der Waals surface area contributed by atoms with E-state index >= 15 is 0 Å². The summed E-state index contributed by atoms with van der Waals surface area (Å²) in [5.74, 6) is -0.282. The van der Waals surface area contributed by atoms with Crippen molar-refractivity contribution in [3.8, 4) is 5.75 Å². The third kappa shape index (κ3) is 3.32. The van der Waals surface area contributed by atoms with Gasteiger partial charge >= 0.3 is 5.97 Å². The Morgan fingerprint density at radius 1 is 1.33 bits per heavy atom. The Bertz CT molecular complexity index is 945. The summed E-state index contributed by atoms with van der Waals surface area (Å²) in [7, 11) is 1.52. The summed E-state index contributed by atoms with van der Waals surface area (Å²) in [6, 6.07) is 1.59. The highest BCUT2D eigenvalue weighted by molar-refractivity contribution is 6.46. The number of rotatable bonds is 4. The van der Waals surface area contributed by atoms with Gasteiger partial charge in [-0.25, -0.2) is 0 Å². The highest BCUT2D eigenvalue weighted by Gasteiger charge is 2.35. The van der Waals surface area contributed by atoms with Crippen molar-refractivity contribution in [2.75, 3.05) is 13.7 Å². The van der Waals surface area contributed by atoms with E-state index in [0.29, 0.717) is 34.3 Å². The first-order chi connectivity index (χ1) is 12.8. The summed E-state index contributed by atoms with van der Waals surface area (Å²) in [5.41, 5.74) is 3.44. The van der Waals surface area contributed by atoms with Gasteiger partial charge in [0.25, 0.3) is 5.91 Å². The van der Waals surface area contributed by atoms with Gasteiger partial charge < -0.3 is 14.4 Å². The standard InChI is InChI=1S/C19H20Cl2N2O4/c1-5-13-12-7-23(15(25)8-27-10(3)24)9(2)16(12)11-6-14(26-4)17(20)18(21)19(11)22-13/h6,9H,5,7-8H2,1-4H3/t9-/m0/s1. The third-order valence-corrected chi connectivity index (χ3v) is 5.69. The van der Waals surface area contributed by atoms with Gasteiger partial charge in [0.2, 0.25) is 0 Å². The predicted molar refractivity (Wildman–Crippen MR) is 103 cm³/mol. The zero-order valence-electron chi connectivity index (χ0n) is 15.6. The topological polar surface area (TPSA) is 68.7 Å². The molecule has 8 heteroatoms. The summed E-state index contributed by atoms with van der Waals surface area (Å²) >= 11 is 12.8. The molecule has 0 fully saturated rings. The first kappa shape index (κ1) is 19.7. The van der Waals surface area contributed by atoms with Crippen molar-refractivity contribution in [2.45, 2.75) is 39.8 Å². The van der Waals surface area contributed by atoms with Gasteiger partial charge in [0.15, 0.2) is 6.61 Å². The average Bonchev–Trinajstić information content (AvgIpc) is 2.99. The molecule has 1 aliphatic rings. The molecule has 0 aliphatic carbocycles. The molecule has 3 rings (SSSR count). The van der Waals surface area contributed by atoms with Gasteiger partial charge in [-0.3, -0.25) is 14.6 Å². The number of esters is 1. The van der Waals surface area contributed by atoms with E-state index in [1.165, 1.54) is 14.0 Å². The van der Waals surface area contributed by atoms with E-state index < -0.39 is 5.97 Å². The van der Waals surface area contributed by atoms with Crippen LogP contribution in [0.25, 0.3) is 10.9 Å². The summed E-state index contributed by atoms with van der Waals surface area (Å²) in [6.45, 7) is 5.34. The van der Waals surface area contributed by atoms with Gasteiger partial charge in [0, 0.05) is 24.5 Å². The van der Waals surface area contributed by atoms with Gasteiger partial charge in [-0.1, -0.05) is 30.1 Å². The van der Waals surface area contributed by atoms with E-state index in [2.05, 4.69) is 0 Å². The lowest BCUT2D eigenvalue weighted by atomic mass is 9.97. The Morgan fingerprint density at radius 2 is 2.04 bits per heavy atom. The molecular formula is C19H20Cl2N2O4. The largest absolute Gasteiger partial charge is 0.495 e. The molecular weight excluding hydrogens is 391 g/mol. The Balaban J connectivity index is 2.15. The summed E-state index contributed by atoms with van der Waals surface area (Å²) in [5, 5.41) is 1.46. The number of carbonyl (C=O) groups is 2. The van der Waals surface area contributed by atoms with Gasteiger partial charge in [-0.2, -0.15) is 0 Å². The van der Waals surface area contributed by atoms with E-state index in [1.807, 2.05) is 19.9 Å². The van der Waals surface area contributed by atoms with Gasteiger partial charge in [0.1, 0.15) is 10.8 Å². The van der Waals surface area contributed by atoms with E-state index in [-0.39, 0.29) is 18.6 Å². The molecule has 0 radical (unpaired) electrons. The second kappa shape index (κ2) is 7.52. The minimum Gasteiger partial charge on any atom is -0.495 e. The van der Waals surface area contributed by atoms with Crippen molar-refractivity contribution in [3.05, 3.63) is 32.9 Å². The summed E-state index contributed by atoms with van der Waals surface area (Å²) < 4.78 is 10.2. The van der Waals surface area contributed by atoms with Crippen LogP contribution in [0.3, 0.4) is 0 Å². The number of nitrogens with zero attached hydrogens (tertiary/aromatic N) is 2. The predicted octanol–water partition coefficient (Wildman–Crippen LogP) is 4.08. The number of fused-ring (bicyclic) bond motifs is 3. The number of ether oxygens (including phenoxy) is 2. The number of hydrogen-bond donors (Lipinski definition) is 0. The zero-order chi connectivity index (χ0) is 19.9. The smallest absolute Gasteiger partial charge is 0.303 e. The molecule has 0 unspecified atom stereocenters. The van der Waals surface area contributed by atoms with Crippen molar-refractivity contribution in [1.82, 2.24) is 9.88 Å². The number of hydrogen-bond acceptors (Lipinski definition) is 5. The van der Waals surface area contributed by atoms with Crippen LogP contribution in [0.1, 0.15) is 43.6 Å². The summed E-state index contributed by atoms with van der Waals surface area (Å²) in [4.78, 5) is 30.0. The Morgan fingerprint density at radius 3 is 2.63 bits per heavy atom. The molecule has 2 heterocycles. The van der Waals surface area contributed by atoms with Crippen molar-refractivity contribution in [3.63, 3.8) is 0 Å². The SMILES string of the molecule is CCc1nc2c(Cl)c(Cl)c(OC)cc2c2c1CN(C(=O)COC(C)=O)[C@H]2C. The van der Waals surface area contributed by atoms with Crippen LogP contribution in [-0.2, 0) is 27.3 Å². The molecule has 0 bridgehead atoms. The molecule has 1 aliphatic heterocycles. The maximum atomic E-state index is 12.6. The maximum absolute atomic E-state index is 12.6. The first-order valence-electron chi connectivity index (χ1n) is 8.60. The number of amides is 1. The highest BCUT2D eigenvalue weighted by Crippen LogP contribution is 2.45. The lowest BCUT2D eigenvalue weighted by Crippen LogP contribution is -2.32. The Labute approximate surface area is 167 Å². The highest BCUT2D eigenvalue weighted by atomic mass is 35.5. The van der Waals surface area contributed by atoms with E-state index in [0.717, 1.165) is 22.2 Å². The van der Waals surface area contributed by atoms with Gasteiger partial charge in [-0.05, 0) is 30.5 Å². The molecule has 0 N–H and O–H groups in total. The fraction of sp³-hybridized carbons (Fsp3) is 0.421.